The van der Waals surface area contributed by atoms with Crippen molar-refractivity contribution in [1.82, 2.24) is 4.90 Å². The van der Waals surface area contributed by atoms with E-state index in [4.69, 9.17) is 5.73 Å². The number of amides is 1. The summed E-state index contributed by atoms with van der Waals surface area (Å²) in [6.07, 6.45) is 5.30. The minimum atomic E-state index is -1.05. The van der Waals surface area contributed by atoms with Gasteiger partial charge in [-0.3, -0.25) is 9.00 Å². The summed E-state index contributed by atoms with van der Waals surface area (Å²) in [6.45, 7) is 3.57. The Labute approximate surface area is 106 Å². The van der Waals surface area contributed by atoms with Crippen molar-refractivity contribution in [1.29, 1.82) is 0 Å². The zero-order valence-electron chi connectivity index (χ0n) is 10.7. The predicted octanol–water partition coefficient (Wildman–Crippen LogP) is 0.875. The Morgan fingerprint density at radius 1 is 1.29 bits per heavy atom. The van der Waals surface area contributed by atoms with Crippen LogP contribution >= 0.6 is 0 Å². The van der Waals surface area contributed by atoms with Gasteiger partial charge in [0.15, 0.2) is 0 Å². The second-order valence-electron chi connectivity index (χ2n) is 4.85. The third-order valence-electron chi connectivity index (χ3n) is 3.04. The minimum Gasteiger partial charge on any atom is -0.342 e. The summed E-state index contributed by atoms with van der Waals surface area (Å²) < 4.78 is 11.7. The second-order valence-corrected chi connectivity index (χ2v) is 6.43. The molecule has 1 amide bonds. The first-order valence-corrected chi connectivity index (χ1v) is 7.96. The molecule has 2 atom stereocenters. The van der Waals surface area contributed by atoms with Crippen molar-refractivity contribution in [2.45, 2.75) is 45.1 Å². The number of rotatable bonds is 5. The molecule has 0 aromatic heterocycles. The monoisotopic (exact) mass is 260 g/mol. The molecular weight excluding hydrogens is 236 g/mol. The van der Waals surface area contributed by atoms with E-state index >= 15 is 0 Å². The number of carbonyl (C=O) groups excluding carboxylic acids is 1. The van der Waals surface area contributed by atoms with E-state index in [-0.39, 0.29) is 17.7 Å². The van der Waals surface area contributed by atoms with E-state index in [2.05, 4.69) is 0 Å². The zero-order valence-corrected chi connectivity index (χ0v) is 11.5. The molecule has 4 nitrogen and oxygen atoms in total. The summed E-state index contributed by atoms with van der Waals surface area (Å²) in [6, 6.07) is 0.0623. The smallest absolute Gasteiger partial charge is 0.235 e. The van der Waals surface area contributed by atoms with Crippen LogP contribution < -0.4 is 5.73 Å². The van der Waals surface area contributed by atoms with Gasteiger partial charge in [-0.15, -0.1) is 0 Å². The van der Waals surface area contributed by atoms with Crippen molar-refractivity contribution in [2.75, 3.05) is 24.6 Å². The Kier molecular flexibility index (Phi) is 6.73. The molecule has 2 N–H and O–H groups in total. The van der Waals surface area contributed by atoms with Gasteiger partial charge < -0.3 is 10.6 Å². The molecule has 1 rings (SSSR count). The third-order valence-corrected chi connectivity index (χ3v) is 4.30. The average molecular weight is 260 g/mol. The van der Waals surface area contributed by atoms with E-state index in [0.29, 0.717) is 5.75 Å². The van der Waals surface area contributed by atoms with Crippen LogP contribution in [0.2, 0.25) is 0 Å². The molecule has 2 unspecified atom stereocenters. The van der Waals surface area contributed by atoms with Crippen LogP contribution in [0.3, 0.4) is 0 Å². The van der Waals surface area contributed by atoms with Gasteiger partial charge in [0.25, 0.3) is 0 Å². The summed E-state index contributed by atoms with van der Waals surface area (Å²) in [7, 11) is -1.05. The molecule has 0 spiro atoms. The van der Waals surface area contributed by atoms with Crippen LogP contribution in [-0.4, -0.2) is 45.7 Å². The van der Waals surface area contributed by atoms with Gasteiger partial charge in [0.2, 0.25) is 5.91 Å². The summed E-state index contributed by atoms with van der Waals surface area (Å²) in [5, 5.41) is 0. The number of nitrogens with zero attached hydrogens (tertiary/aromatic N) is 1. The van der Waals surface area contributed by atoms with Gasteiger partial charge in [0, 0.05) is 35.7 Å². The van der Waals surface area contributed by atoms with Gasteiger partial charge in [-0.25, -0.2) is 0 Å². The fraction of sp³-hybridized carbons (Fsp3) is 0.917. The molecule has 1 aliphatic heterocycles. The topological polar surface area (TPSA) is 63.4 Å². The van der Waals surface area contributed by atoms with Crippen molar-refractivity contribution in [3.63, 3.8) is 0 Å². The van der Waals surface area contributed by atoms with Gasteiger partial charge in [0.05, 0.1) is 0 Å². The van der Waals surface area contributed by atoms with Crippen molar-refractivity contribution < 1.29 is 9.00 Å². The highest BCUT2D eigenvalue weighted by Crippen LogP contribution is 2.10. The Hall–Kier alpha value is -0.420. The number of carbonyl (C=O) groups is 1. The van der Waals surface area contributed by atoms with Gasteiger partial charge >= 0.3 is 0 Å². The molecule has 0 bridgehead atoms. The largest absolute Gasteiger partial charge is 0.342 e. The van der Waals surface area contributed by atoms with E-state index < -0.39 is 10.8 Å². The molecular formula is C12H24N2O2S. The zero-order chi connectivity index (χ0) is 12.7. The van der Waals surface area contributed by atoms with Crippen LogP contribution in [0, 0.1) is 0 Å². The first-order chi connectivity index (χ1) is 8.09. The normalized spacial score (nSPS) is 20.7. The van der Waals surface area contributed by atoms with Crippen molar-refractivity contribution in [2.24, 2.45) is 5.73 Å². The first kappa shape index (κ1) is 14.6. The lowest BCUT2D eigenvalue weighted by atomic mass is 10.2. The maximum Gasteiger partial charge on any atom is 0.235 e. The summed E-state index contributed by atoms with van der Waals surface area (Å²) in [5.41, 5.74) is 5.61. The molecule has 0 saturated carbocycles. The van der Waals surface area contributed by atoms with E-state index in [1.807, 2.05) is 11.8 Å². The SMILES string of the molecule is CC(N)CCS(=O)CC(=O)N1CCCCCC1. The Morgan fingerprint density at radius 3 is 2.41 bits per heavy atom. The van der Waals surface area contributed by atoms with Gasteiger partial charge in [-0.2, -0.15) is 0 Å². The molecule has 100 valence electrons. The number of hydrogen-bond acceptors (Lipinski definition) is 3. The summed E-state index contributed by atoms with van der Waals surface area (Å²) >= 11 is 0. The van der Waals surface area contributed by atoms with E-state index in [9.17, 15) is 9.00 Å². The van der Waals surface area contributed by atoms with Gasteiger partial charge in [0.1, 0.15) is 5.75 Å². The summed E-state index contributed by atoms with van der Waals surface area (Å²) in [4.78, 5) is 13.8. The highest BCUT2D eigenvalue weighted by Gasteiger charge is 2.17. The lowest BCUT2D eigenvalue weighted by Crippen LogP contribution is -2.35. The highest BCUT2D eigenvalue weighted by molar-refractivity contribution is 7.85. The molecule has 1 heterocycles. The Balaban J connectivity index is 2.29. The van der Waals surface area contributed by atoms with Crippen LogP contribution in [0.15, 0.2) is 0 Å². The Morgan fingerprint density at radius 2 is 1.88 bits per heavy atom. The third kappa shape index (κ3) is 6.17. The van der Waals surface area contributed by atoms with Crippen molar-refractivity contribution in [3.05, 3.63) is 0 Å². The molecule has 1 saturated heterocycles. The van der Waals surface area contributed by atoms with E-state index in [0.717, 1.165) is 32.4 Å². The molecule has 5 heteroatoms. The molecule has 1 fully saturated rings. The number of likely N-dealkylation sites (tertiary alicyclic amines) is 1. The van der Waals surface area contributed by atoms with Crippen LogP contribution in [0.5, 0.6) is 0 Å². The van der Waals surface area contributed by atoms with Crippen LogP contribution in [0.25, 0.3) is 0 Å². The van der Waals surface area contributed by atoms with E-state index in [1.165, 1.54) is 12.8 Å². The van der Waals surface area contributed by atoms with Crippen LogP contribution in [0.1, 0.15) is 39.0 Å². The maximum atomic E-state index is 11.9. The van der Waals surface area contributed by atoms with Gasteiger partial charge in [-0.05, 0) is 26.2 Å². The molecule has 0 aromatic rings. The molecule has 0 radical (unpaired) electrons. The fourth-order valence-electron chi connectivity index (χ4n) is 1.94. The molecule has 0 aromatic carbocycles. The predicted molar refractivity (Wildman–Crippen MR) is 71.2 cm³/mol. The molecule has 1 aliphatic rings. The number of nitrogens with two attached hydrogens (primary N) is 1. The highest BCUT2D eigenvalue weighted by atomic mass is 32.2. The van der Waals surface area contributed by atoms with Crippen LogP contribution in [0.4, 0.5) is 0 Å². The average Bonchev–Trinajstić information content (AvgIpc) is 2.54. The van der Waals surface area contributed by atoms with Crippen LogP contribution in [-0.2, 0) is 15.6 Å². The van der Waals surface area contributed by atoms with Gasteiger partial charge in [-0.1, -0.05) is 12.8 Å². The van der Waals surface area contributed by atoms with Crippen molar-refractivity contribution in [3.8, 4) is 0 Å². The second kappa shape index (κ2) is 7.82. The first-order valence-electron chi connectivity index (χ1n) is 6.48. The minimum absolute atomic E-state index is 0.0508. The summed E-state index contributed by atoms with van der Waals surface area (Å²) in [5.74, 6) is 0.763. The maximum absolute atomic E-state index is 11.9. The lowest BCUT2D eigenvalue weighted by Gasteiger charge is -2.20. The lowest BCUT2D eigenvalue weighted by molar-refractivity contribution is -0.128. The Bertz CT molecular complexity index is 261. The number of hydrogen-bond donors (Lipinski definition) is 1. The van der Waals surface area contributed by atoms with Crippen molar-refractivity contribution >= 4 is 16.7 Å². The standard InChI is InChI=1S/C12H24N2O2S/c1-11(13)6-9-17(16)10-12(15)14-7-4-2-3-5-8-14/h11H,2-10,13H2,1H3. The van der Waals surface area contributed by atoms with E-state index in [1.54, 1.807) is 0 Å². The molecule has 0 aliphatic carbocycles. The quantitative estimate of drug-likeness (QED) is 0.798. The fourth-order valence-corrected chi connectivity index (χ4v) is 3.18. The molecule has 17 heavy (non-hydrogen) atoms.